The number of rotatable bonds is 2. The van der Waals surface area contributed by atoms with E-state index in [-0.39, 0.29) is 22.9 Å². The van der Waals surface area contributed by atoms with Gasteiger partial charge in [0.15, 0.2) is 5.82 Å². The van der Waals surface area contributed by atoms with Gasteiger partial charge in [0.2, 0.25) is 0 Å². The fourth-order valence-corrected chi connectivity index (χ4v) is 1.66. The van der Waals surface area contributed by atoms with Crippen molar-refractivity contribution in [2.45, 2.75) is 13.1 Å². The van der Waals surface area contributed by atoms with Crippen molar-refractivity contribution in [3.05, 3.63) is 35.2 Å². The molecule has 0 amide bonds. The molecule has 0 aliphatic carbocycles. The van der Waals surface area contributed by atoms with E-state index < -0.39 is 17.7 Å². The number of hydrogen-bond donors (Lipinski definition) is 2. The third-order valence-electron chi connectivity index (χ3n) is 2.60. The molecular weight excluding hydrogens is 277 g/mol. The first-order valence-electron chi connectivity index (χ1n) is 5.34. The average Bonchev–Trinajstić information content (AvgIpc) is 2.64. The molecule has 0 fully saturated rings. The monoisotopic (exact) mass is 286 g/mol. The SMILES string of the molecule is Cc1nn(-c2ccc(C(F)(F)F)cn2)c(N)c1C(=O)O. The lowest BCUT2D eigenvalue weighted by Crippen LogP contribution is -2.09. The number of alkyl halides is 3. The van der Waals surface area contributed by atoms with Gasteiger partial charge in [-0.25, -0.2) is 9.78 Å². The molecule has 3 N–H and O–H groups in total. The fraction of sp³-hybridized carbons (Fsp3) is 0.182. The highest BCUT2D eigenvalue weighted by Gasteiger charge is 2.31. The number of hydrogen-bond acceptors (Lipinski definition) is 4. The summed E-state index contributed by atoms with van der Waals surface area (Å²) in [6.45, 7) is 1.43. The van der Waals surface area contributed by atoms with Crippen LogP contribution in [0.25, 0.3) is 5.82 Å². The Morgan fingerprint density at radius 3 is 2.45 bits per heavy atom. The number of nitrogens with zero attached hydrogens (tertiary/aromatic N) is 3. The van der Waals surface area contributed by atoms with E-state index >= 15 is 0 Å². The van der Waals surface area contributed by atoms with E-state index in [2.05, 4.69) is 10.1 Å². The molecule has 0 radical (unpaired) electrons. The third kappa shape index (κ3) is 2.29. The lowest BCUT2D eigenvalue weighted by atomic mass is 10.2. The molecule has 0 saturated heterocycles. The number of nitrogen functional groups attached to an aromatic ring is 1. The lowest BCUT2D eigenvalue weighted by molar-refractivity contribution is -0.137. The molecule has 0 spiro atoms. The summed E-state index contributed by atoms with van der Waals surface area (Å²) in [6, 6.07) is 1.89. The summed E-state index contributed by atoms with van der Waals surface area (Å²) in [4.78, 5) is 14.6. The number of aryl methyl sites for hydroxylation is 1. The molecule has 0 saturated carbocycles. The Morgan fingerprint density at radius 1 is 1.40 bits per heavy atom. The molecule has 0 aromatic carbocycles. The molecule has 0 unspecified atom stereocenters. The second-order valence-electron chi connectivity index (χ2n) is 3.97. The molecular formula is C11H9F3N4O2. The molecule has 2 aromatic rings. The maximum atomic E-state index is 12.4. The first-order chi connectivity index (χ1) is 9.21. The number of carboxylic acid groups (broad SMARTS) is 1. The highest BCUT2D eigenvalue weighted by Crippen LogP contribution is 2.29. The van der Waals surface area contributed by atoms with Crippen molar-refractivity contribution < 1.29 is 23.1 Å². The maximum Gasteiger partial charge on any atom is 0.417 e. The van der Waals surface area contributed by atoms with Crippen molar-refractivity contribution >= 4 is 11.8 Å². The van der Waals surface area contributed by atoms with Crippen LogP contribution < -0.4 is 5.73 Å². The normalized spacial score (nSPS) is 11.6. The molecule has 0 bridgehead atoms. The van der Waals surface area contributed by atoms with Gasteiger partial charge in [-0.05, 0) is 19.1 Å². The van der Waals surface area contributed by atoms with Crippen molar-refractivity contribution in [3.63, 3.8) is 0 Å². The summed E-state index contributed by atoms with van der Waals surface area (Å²) in [7, 11) is 0. The smallest absolute Gasteiger partial charge is 0.417 e. The first kappa shape index (κ1) is 13.8. The van der Waals surface area contributed by atoms with Crippen LogP contribution in [0.1, 0.15) is 21.6 Å². The molecule has 20 heavy (non-hydrogen) atoms. The maximum absolute atomic E-state index is 12.4. The largest absolute Gasteiger partial charge is 0.477 e. The van der Waals surface area contributed by atoms with Crippen LogP contribution >= 0.6 is 0 Å². The predicted molar refractivity (Wildman–Crippen MR) is 62.5 cm³/mol. The second-order valence-corrected chi connectivity index (χ2v) is 3.97. The number of carboxylic acids is 1. The highest BCUT2D eigenvalue weighted by molar-refractivity contribution is 5.94. The second kappa shape index (κ2) is 4.51. The minimum Gasteiger partial charge on any atom is -0.477 e. The van der Waals surface area contributed by atoms with Gasteiger partial charge in [0.05, 0.1) is 11.3 Å². The Balaban J connectivity index is 2.48. The molecule has 9 heteroatoms. The van der Waals surface area contributed by atoms with Crippen LogP contribution in [-0.2, 0) is 6.18 Å². The zero-order valence-corrected chi connectivity index (χ0v) is 10.1. The number of pyridine rings is 1. The zero-order chi connectivity index (χ0) is 15.1. The number of halogens is 3. The summed E-state index contributed by atoms with van der Waals surface area (Å²) in [6.07, 6.45) is -3.87. The van der Waals surface area contributed by atoms with E-state index in [0.717, 1.165) is 16.8 Å². The minimum absolute atomic E-state index is 0.00565. The van der Waals surface area contributed by atoms with Crippen molar-refractivity contribution in [2.24, 2.45) is 0 Å². The Hall–Kier alpha value is -2.58. The zero-order valence-electron chi connectivity index (χ0n) is 10.1. The summed E-state index contributed by atoms with van der Waals surface area (Å²) >= 11 is 0. The van der Waals surface area contributed by atoms with Crippen LogP contribution in [0.15, 0.2) is 18.3 Å². The van der Waals surface area contributed by atoms with Crippen LogP contribution in [0.4, 0.5) is 19.0 Å². The van der Waals surface area contributed by atoms with E-state index in [4.69, 9.17) is 10.8 Å². The molecule has 6 nitrogen and oxygen atoms in total. The Labute approximate surface area is 110 Å². The topological polar surface area (TPSA) is 94.0 Å². The van der Waals surface area contributed by atoms with Crippen LogP contribution in [0, 0.1) is 6.92 Å². The van der Waals surface area contributed by atoms with E-state index in [0.29, 0.717) is 6.20 Å². The molecule has 2 aromatic heterocycles. The summed E-state index contributed by atoms with van der Waals surface area (Å²) < 4.78 is 38.2. The predicted octanol–water partition coefficient (Wildman–Crippen LogP) is 1.87. The standard InChI is InChI=1S/C11H9F3N4O2/c1-5-8(10(19)20)9(15)18(17-5)7-3-2-6(4-16-7)11(12,13)14/h2-4H,15H2,1H3,(H,19,20). The Morgan fingerprint density at radius 2 is 2.05 bits per heavy atom. The molecule has 0 aliphatic heterocycles. The van der Waals surface area contributed by atoms with Gasteiger partial charge in [-0.2, -0.15) is 23.0 Å². The fourth-order valence-electron chi connectivity index (χ4n) is 1.66. The number of carbonyl (C=O) groups is 1. The van der Waals surface area contributed by atoms with Crippen molar-refractivity contribution in [1.82, 2.24) is 14.8 Å². The van der Waals surface area contributed by atoms with Crippen LogP contribution in [0.5, 0.6) is 0 Å². The van der Waals surface area contributed by atoms with Crippen LogP contribution in [0.2, 0.25) is 0 Å². The average molecular weight is 286 g/mol. The number of aromatic carboxylic acids is 1. The van der Waals surface area contributed by atoms with Gasteiger partial charge in [0.1, 0.15) is 11.4 Å². The highest BCUT2D eigenvalue weighted by atomic mass is 19.4. The van der Waals surface area contributed by atoms with E-state index in [1.165, 1.54) is 6.92 Å². The van der Waals surface area contributed by atoms with Crippen molar-refractivity contribution in [1.29, 1.82) is 0 Å². The van der Waals surface area contributed by atoms with Gasteiger partial charge in [0.25, 0.3) is 0 Å². The Bertz CT molecular complexity index is 662. The van der Waals surface area contributed by atoms with Crippen LogP contribution in [0.3, 0.4) is 0 Å². The molecule has 0 atom stereocenters. The van der Waals surface area contributed by atoms with Gasteiger partial charge >= 0.3 is 12.1 Å². The van der Waals surface area contributed by atoms with E-state index in [9.17, 15) is 18.0 Å². The van der Waals surface area contributed by atoms with Gasteiger partial charge in [0, 0.05) is 6.20 Å². The number of nitrogens with two attached hydrogens (primary N) is 1. The minimum atomic E-state index is -4.50. The van der Waals surface area contributed by atoms with E-state index in [1.807, 2.05) is 0 Å². The lowest BCUT2D eigenvalue weighted by Gasteiger charge is -2.07. The molecule has 0 aliphatic rings. The summed E-state index contributed by atoms with van der Waals surface area (Å²) in [5.41, 5.74) is 4.65. The molecule has 2 rings (SSSR count). The van der Waals surface area contributed by atoms with Gasteiger partial charge in [-0.15, -0.1) is 0 Å². The summed E-state index contributed by atoms with van der Waals surface area (Å²) in [5, 5.41) is 12.8. The van der Waals surface area contributed by atoms with Gasteiger partial charge in [-0.3, -0.25) is 0 Å². The Kier molecular flexibility index (Phi) is 3.12. The molecule has 2 heterocycles. The van der Waals surface area contributed by atoms with E-state index in [1.54, 1.807) is 0 Å². The first-order valence-corrected chi connectivity index (χ1v) is 5.34. The van der Waals surface area contributed by atoms with Crippen molar-refractivity contribution in [2.75, 3.05) is 5.73 Å². The van der Waals surface area contributed by atoms with Crippen molar-refractivity contribution in [3.8, 4) is 5.82 Å². The quantitative estimate of drug-likeness (QED) is 0.879. The van der Waals surface area contributed by atoms with Gasteiger partial charge in [-0.1, -0.05) is 0 Å². The third-order valence-corrected chi connectivity index (χ3v) is 2.60. The molecule has 106 valence electrons. The number of aromatic nitrogens is 3. The van der Waals surface area contributed by atoms with Crippen LogP contribution in [-0.4, -0.2) is 25.8 Å². The van der Waals surface area contributed by atoms with Gasteiger partial charge < -0.3 is 10.8 Å². The number of anilines is 1. The summed E-state index contributed by atoms with van der Waals surface area (Å²) in [5.74, 6) is -1.45.